The van der Waals surface area contributed by atoms with E-state index in [-0.39, 0.29) is 31.8 Å². The predicted molar refractivity (Wildman–Crippen MR) is 223 cm³/mol. The highest BCUT2D eigenvalue weighted by molar-refractivity contribution is 7.91. The third-order valence-corrected chi connectivity index (χ3v) is 13.1. The van der Waals surface area contributed by atoms with Crippen molar-refractivity contribution in [3.63, 3.8) is 0 Å². The van der Waals surface area contributed by atoms with Crippen molar-refractivity contribution in [3.8, 4) is 28.6 Å². The van der Waals surface area contributed by atoms with E-state index in [4.69, 9.17) is 19.2 Å². The highest BCUT2D eigenvalue weighted by Crippen LogP contribution is 2.46. The molecular weight excluding hydrogens is 850 g/mol. The fourth-order valence-electron chi connectivity index (χ4n) is 7.87. The van der Waals surface area contributed by atoms with Crippen molar-refractivity contribution in [1.29, 1.82) is 0 Å². The van der Waals surface area contributed by atoms with Crippen LogP contribution in [-0.2, 0) is 29.1 Å². The molecule has 3 aromatic rings. The lowest BCUT2D eigenvalue weighted by Gasteiger charge is -2.32. The Balaban J connectivity index is 1.24. The van der Waals surface area contributed by atoms with Crippen LogP contribution in [0.25, 0.3) is 22.0 Å². The van der Waals surface area contributed by atoms with Gasteiger partial charge in [0, 0.05) is 29.8 Å². The molecule has 3 N–H and O–H groups in total. The van der Waals surface area contributed by atoms with Crippen molar-refractivity contribution in [2.24, 2.45) is 5.92 Å². The largest absolute Gasteiger partial charge is 0.573 e. The number of allylic oxidation sites excluding steroid dienone is 1. The molecule has 0 unspecified atom stereocenters. The number of aromatic nitrogens is 1. The number of rotatable bonds is 9. The number of hydrogen-bond donors (Lipinski definition) is 3. The molecule has 3 heterocycles. The van der Waals surface area contributed by atoms with Gasteiger partial charge in [-0.05, 0) is 120 Å². The fourth-order valence-corrected chi connectivity index (χ4v) is 9.24. The van der Waals surface area contributed by atoms with Gasteiger partial charge in [0.25, 0.3) is 5.91 Å². The van der Waals surface area contributed by atoms with Crippen LogP contribution in [-0.4, -0.2) is 122 Å². The number of fused-ring (bicyclic) bond motifs is 3. The molecule has 4 amide bonds. The van der Waals surface area contributed by atoms with E-state index in [1.807, 2.05) is 11.0 Å². The topological polar surface area (TPSA) is 195 Å². The standard InChI is InChI=1S/C43H51F3N6O10S/c1-41(2,3)62-40(56)48-34-24-51(4)18-8-6-7-9-27-22-42(27,39(55)50-63(57,58)31-15-16-31)49-36(53)35-21-30(23-52(35)38(34)54)60-37-32-17-14-29(59-5)19-26(32)20-33(47-37)25-10-12-28(13-11-25)61-43(44,45)46/h7,9-14,17,19-20,27,30-31,34-35H,6,8,15-16,18,21-24H2,1-5H3,(H,48,56)(H,49,53)(H,50,55)/b9-7-/t27-,30-,34+,35+,42-/m1/s1. The molecule has 16 nitrogen and oxygen atoms in total. The molecule has 0 bridgehead atoms. The minimum absolute atomic E-state index is 0.0506. The van der Waals surface area contributed by atoms with Crippen molar-refractivity contribution >= 4 is 44.6 Å². The number of amides is 4. The van der Waals surface area contributed by atoms with Gasteiger partial charge in [0.1, 0.15) is 40.8 Å². The van der Waals surface area contributed by atoms with Gasteiger partial charge in [-0.3, -0.25) is 19.1 Å². The maximum atomic E-state index is 14.8. The van der Waals surface area contributed by atoms with E-state index < -0.39 is 86.4 Å². The number of pyridine rings is 1. The molecule has 0 spiro atoms. The second-order valence-electron chi connectivity index (χ2n) is 17.4. The SMILES string of the molecule is COc1ccc2c(O[C@@H]3C[C@H]4C(=O)N[C@]5(C(=O)NS(=O)(=O)C6CC6)C[C@H]5/C=C\CCCN(C)C[C@H](NC(=O)OC(C)(C)C)C(=O)N4C3)nc(-c3ccc(OC(F)(F)F)cc3)cc2c1. The predicted octanol–water partition coefficient (Wildman–Crippen LogP) is 4.82. The summed E-state index contributed by atoms with van der Waals surface area (Å²) in [6.45, 7) is 5.43. The summed E-state index contributed by atoms with van der Waals surface area (Å²) >= 11 is 0. The zero-order valence-corrected chi connectivity index (χ0v) is 36.3. The molecule has 2 aromatic carbocycles. The number of carbonyl (C=O) groups excluding carboxylic acids is 4. The van der Waals surface area contributed by atoms with Crippen LogP contribution in [0.2, 0.25) is 0 Å². The molecule has 340 valence electrons. The van der Waals surface area contributed by atoms with Gasteiger partial charge in [-0.25, -0.2) is 18.2 Å². The Hall–Kier alpha value is -5.63. The van der Waals surface area contributed by atoms with Crippen LogP contribution >= 0.6 is 0 Å². The molecule has 2 aliphatic carbocycles. The van der Waals surface area contributed by atoms with Gasteiger partial charge in [-0.2, -0.15) is 0 Å². The third kappa shape index (κ3) is 10.9. The lowest BCUT2D eigenvalue weighted by molar-refractivity contribution is -0.274. The van der Waals surface area contributed by atoms with Gasteiger partial charge in [0.2, 0.25) is 27.7 Å². The summed E-state index contributed by atoms with van der Waals surface area (Å²) in [5.74, 6) is -2.60. The van der Waals surface area contributed by atoms with Crippen LogP contribution in [0.5, 0.6) is 17.4 Å². The Bertz CT molecular complexity index is 2390. The number of hydrogen-bond acceptors (Lipinski definition) is 12. The van der Waals surface area contributed by atoms with Crippen LogP contribution in [0.15, 0.2) is 60.7 Å². The number of alkyl carbamates (subject to hydrolysis) is 1. The average Bonchev–Trinajstić information content (AvgIpc) is 4.12. The van der Waals surface area contributed by atoms with E-state index in [1.165, 1.54) is 24.1 Å². The Morgan fingerprint density at radius 2 is 1.71 bits per heavy atom. The summed E-state index contributed by atoms with van der Waals surface area (Å²) in [5.41, 5.74) is -1.76. The van der Waals surface area contributed by atoms with E-state index in [2.05, 4.69) is 20.1 Å². The molecule has 5 atom stereocenters. The van der Waals surface area contributed by atoms with E-state index in [0.717, 1.165) is 12.1 Å². The molecule has 0 radical (unpaired) electrons. The van der Waals surface area contributed by atoms with Crippen molar-refractivity contribution in [3.05, 3.63) is 60.7 Å². The third-order valence-electron chi connectivity index (χ3n) is 11.2. The van der Waals surface area contributed by atoms with Crippen molar-refractivity contribution < 1.29 is 59.7 Å². The summed E-state index contributed by atoms with van der Waals surface area (Å²) in [6.07, 6.45) is -0.873. The molecule has 2 saturated carbocycles. The Labute approximate surface area is 362 Å². The van der Waals surface area contributed by atoms with E-state index >= 15 is 0 Å². The molecule has 3 fully saturated rings. The first-order valence-electron chi connectivity index (χ1n) is 20.7. The van der Waals surface area contributed by atoms with Crippen LogP contribution in [0.3, 0.4) is 0 Å². The van der Waals surface area contributed by atoms with Crippen LogP contribution < -0.4 is 29.6 Å². The number of methoxy groups -OCH3 is 1. The van der Waals surface area contributed by atoms with Gasteiger partial charge in [-0.15, -0.1) is 13.2 Å². The maximum Gasteiger partial charge on any atom is 0.573 e. The van der Waals surface area contributed by atoms with Crippen LogP contribution in [0, 0.1) is 5.92 Å². The number of benzene rings is 2. The normalized spacial score (nSPS) is 25.4. The number of nitrogens with one attached hydrogen (secondary N) is 3. The lowest BCUT2D eigenvalue weighted by Crippen LogP contribution is -2.59. The quantitative estimate of drug-likeness (QED) is 0.249. The van der Waals surface area contributed by atoms with Gasteiger partial charge >= 0.3 is 12.5 Å². The molecule has 4 aliphatic rings. The first-order valence-corrected chi connectivity index (χ1v) is 22.2. The molecular formula is C43H51F3N6O10S. The van der Waals surface area contributed by atoms with E-state index in [9.17, 15) is 40.8 Å². The number of ether oxygens (including phenoxy) is 4. The van der Waals surface area contributed by atoms with E-state index in [1.54, 1.807) is 58.2 Å². The number of halogens is 3. The first kappa shape index (κ1) is 45.4. The van der Waals surface area contributed by atoms with Gasteiger partial charge in [-0.1, -0.05) is 12.2 Å². The monoisotopic (exact) mass is 900 g/mol. The van der Waals surface area contributed by atoms with Crippen molar-refractivity contribution in [2.75, 3.05) is 33.8 Å². The molecule has 1 aromatic heterocycles. The van der Waals surface area contributed by atoms with Gasteiger partial charge < -0.3 is 39.4 Å². The highest BCUT2D eigenvalue weighted by Gasteiger charge is 2.62. The number of nitrogens with zero attached hydrogens (tertiary/aromatic N) is 3. The summed E-state index contributed by atoms with van der Waals surface area (Å²) in [6, 6.07) is 9.48. The molecule has 7 rings (SSSR count). The molecule has 1 saturated heterocycles. The zero-order chi connectivity index (χ0) is 45.5. The maximum absolute atomic E-state index is 14.8. The number of alkyl halides is 3. The minimum Gasteiger partial charge on any atom is -0.497 e. The summed E-state index contributed by atoms with van der Waals surface area (Å²) in [4.78, 5) is 64.3. The second-order valence-corrected chi connectivity index (χ2v) is 19.4. The van der Waals surface area contributed by atoms with E-state index in [0.29, 0.717) is 60.0 Å². The minimum atomic E-state index is -4.89. The van der Waals surface area contributed by atoms with Gasteiger partial charge in [0.15, 0.2) is 0 Å². The second kappa shape index (κ2) is 17.5. The fraction of sp³-hybridized carbons (Fsp3) is 0.512. The summed E-state index contributed by atoms with van der Waals surface area (Å²) in [7, 11) is -0.690. The summed E-state index contributed by atoms with van der Waals surface area (Å²) in [5, 5.41) is 5.95. The van der Waals surface area contributed by atoms with Crippen molar-refractivity contribution in [1.82, 2.24) is 30.1 Å². The number of carbonyl (C=O) groups is 4. The number of likely N-dealkylation sites (N-methyl/N-ethyl adjacent to an activating group) is 1. The zero-order valence-electron chi connectivity index (χ0n) is 35.5. The Kier molecular flexibility index (Phi) is 12.6. The smallest absolute Gasteiger partial charge is 0.497 e. The Morgan fingerprint density at radius 3 is 2.38 bits per heavy atom. The lowest BCUT2D eigenvalue weighted by atomic mass is 10.1. The van der Waals surface area contributed by atoms with Crippen LogP contribution in [0.4, 0.5) is 18.0 Å². The van der Waals surface area contributed by atoms with Crippen molar-refractivity contribution in [2.45, 2.75) is 100 Å². The summed E-state index contributed by atoms with van der Waals surface area (Å²) < 4.78 is 88.4. The number of sulfonamides is 1. The molecule has 2 aliphatic heterocycles. The molecule has 20 heteroatoms. The average molecular weight is 901 g/mol. The van der Waals surface area contributed by atoms with Gasteiger partial charge in [0.05, 0.1) is 24.6 Å². The van der Waals surface area contributed by atoms with Crippen LogP contribution in [0.1, 0.15) is 59.3 Å². The highest BCUT2D eigenvalue weighted by atomic mass is 32.2. The molecule has 63 heavy (non-hydrogen) atoms. The first-order chi connectivity index (χ1) is 29.6. The Morgan fingerprint density at radius 1 is 1.00 bits per heavy atom.